The molecule has 0 spiro atoms. The molecule has 3 aromatic rings. The van der Waals surface area contributed by atoms with Crippen molar-refractivity contribution in [3.8, 4) is 0 Å². The number of hydrazone groups is 1. The van der Waals surface area contributed by atoms with Crippen LogP contribution in [0.2, 0.25) is 0 Å². The number of aromatic nitrogens is 1. The monoisotopic (exact) mass is 359 g/mol. The Hall–Kier alpha value is -2.88. The predicted molar refractivity (Wildman–Crippen MR) is 114 cm³/mol. The van der Waals surface area contributed by atoms with Crippen LogP contribution in [0.1, 0.15) is 25.5 Å². The Balaban J connectivity index is 1.74. The summed E-state index contributed by atoms with van der Waals surface area (Å²) in [7, 11) is 4.08. The molecule has 4 nitrogen and oxygen atoms in total. The number of fused-ring (bicyclic) bond motifs is 1. The number of pyridine rings is 1. The SMILES string of the molecule is C/C(=N\N(C)c1ccc(N2CCCC2)c2ccccc12)c1cccc[n+]1C. The summed E-state index contributed by atoms with van der Waals surface area (Å²) in [5, 5.41) is 9.43. The summed E-state index contributed by atoms with van der Waals surface area (Å²) in [6, 6.07) is 19.3. The largest absolute Gasteiger partial charge is 0.371 e. The van der Waals surface area contributed by atoms with E-state index in [1.54, 1.807) is 0 Å². The lowest BCUT2D eigenvalue weighted by Crippen LogP contribution is -2.35. The van der Waals surface area contributed by atoms with Crippen LogP contribution in [0.5, 0.6) is 0 Å². The standard InChI is InChI=1S/C23H27N4/c1-18(21-12-6-7-15-25(21)2)24-26(3)22-13-14-23(27-16-8-9-17-27)20-11-5-4-10-19(20)22/h4-7,10-15H,8-9,16-17H2,1-3H3/q+1. The van der Waals surface area contributed by atoms with E-state index in [1.165, 1.54) is 29.3 Å². The fourth-order valence-electron chi connectivity index (χ4n) is 4.01. The van der Waals surface area contributed by atoms with Crippen LogP contribution in [0, 0.1) is 0 Å². The molecule has 1 aromatic heterocycles. The third kappa shape index (κ3) is 3.39. The van der Waals surface area contributed by atoms with Gasteiger partial charge in [-0.2, -0.15) is 9.67 Å². The minimum absolute atomic E-state index is 0.994. The van der Waals surface area contributed by atoms with Crippen LogP contribution in [0.25, 0.3) is 10.8 Å². The van der Waals surface area contributed by atoms with Crippen molar-refractivity contribution < 1.29 is 4.57 Å². The molecule has 4 rings (SSSR count). The van der Waals surface area contributed by atoms with Crippen LogP contribution in [-0.4, -0.2) is 25.8 Å². The Bertz CT molecular complexity index is 987. The average molecular weight is 359 g/mol. The first kappa shape index (κ1) is 17.5. The van der Waals surface area contributed by atoms with Gasteiger partial charge in [-0.05, 0) is 38.0 Å². The molecule has 138 valence electrons. The molecule has 2 aromatic carbocycles. The Kier molecular flexibility index (Phi) is 4.80. The number of aryl methyl sites for hydroxylation is 1. The minimum Gasteiger partial charge on any atom is -0.371 e. The molecule has 0 radical (unpaired) electrons. The van der Waals surface area contributed by atoms with Crippen LogP contribution in [-0.2, 0) is 7.05 Å². The fraction of sp³-hybridized carbons (Fsp3) is 0.304. The van der Waals surface area contributed by atoms with Crippen LogP contribution in [0.4, 0.5) is 11.4 Å². The highest BCUT2D eigenvalue weighted by Gasteiger charge is 2.17. The predicted octanol–water partition coefficient (Wildman–Crippen LogP) is 4.12. The van der Waals surface area contributed by atoms with Crippen molar-refractivity contribution in [1.29, 1.82) is 0 Å². The van der Waals surface area contributed by atoms with Crippen molar-refractivity contribution in [2.75, 3.05) is 30.0 Å². The van der Waals surface area contributed by atoms with Gasteiger partial charge in [-0.3, -0.25) is 5.01 Å². The van der Waals surface area contributed by atoms with E-state index in [-0.39, 0.29) is 0 Å². The molecule has 0 aliphatic carbocycles. The van der Waals surface area contributed by atoms with Gasteiger partial charge in [-0.15, -0.1) is 0 Å². The molecule has 0 N–H and O–H groups in total. The molecule has 0 bridgehead atoms. The smallest absolute Gasteiger partial charge is 0.228 e. The lowest BCUT2D eigenvalue weighted by molar-refractivity contribution is -0.672. The molecule has 0 unspecified atom stereocenters. The van der Waals surface area contributed by atoms with Gasteiger partial charge in [-0.1, -0.05) is 24.3 Å². The molecule has 4 heteroatoms. The molecule has 1 saturated heterocycles. The highest BCUT2D eigenvalue weighted by Crippen LogP contribution is 2.35. The lowest BCUT2D eigenvalue weighted by Gasteiger charge is -2.23. The second-order valence-corrected chi connectivity index (χ2v) is 7.25. The maximum atomic E-state index is 4.87. The molecule has 2 heterocycles. The third-order valence-corrected chi connectivity index (χ3v) is 5.40. The van der Waals surface area contributed by atoms with Crippen LogP contribution >= 0.6 is 0 Å². The molecular weight excluding hydrogens is 332 g/mol. The lowest BCUT2D eigenvalue weighted by atomic mass is 10.1. The zero-order valence-corrected chi connectivity index (χ0v) is 16.4. The van der Waals surface area contributed by atoms with E-state index in [2.05, 4.69) is 78.2 Å². The number of hydrogen-bond acceptors (Lipinski definition) is 3. The fourth-order valence-corrected chi connectivity index (χ4v) is 4.01. The van der Waals surface area contributed by atoms with Gasteiger partial charge in [0.05, 0.1) is 5.69 Å². The van der Waals surface area contributed by atoms with Crippen LogP contribution < -0.4 is 14.5 Å². The summed E-state index contributed by atoms with van der Waals surface area (Å²) in [6.45, 7) is 4.37. The van der Waals surface area contributed by atoms with E-state index in [1.807, 2.05) is 18.1 Å². The van der Waals surface area contributed by atoms with Gasteiger partial charge < -0.3 is 4.90 Å². The first-order chi connectivity index (χ1) is 13.1. The summed E-state index contributed by atoms with van der Waals surface area (Å²) >= 11 is 0. The number of anilines is 2. The maximum Gasteiger partial charge on any atom is 0.228 e. The Morgan fingerprint density at radius 1 is 0.963 bits per heavy atom. The second-order valence-electron chi connectivity index (χ2n) is 7.25. The summed E-state index contributed by atoms with van der Waals surface area (Å²) in [5.41, 5.74) is 4.58. The molecular formula is C23H27N4+. The molecule has 1 fully saturated rings. The van der Waals surface area contributed by atoms with E-state index in [4.69, 9.17) is 5.10 Å². The third-order valence-electron chi connectivity index (χ3n) is 5.40. The topological polar surface area (TPSA) is 22.7 Å². The normalized spacial score (nSPS) is 14.8. The van der Waals surface area contributed by atoms with Crippen molar-refractivity contribution in [2.45, 2.75) is 19.8 Å². The van der Waals surface area contributed by atoms with Gasteiger partial charge in [0.1, 0.15) is 12.8 Å². The summed E-state index contributed by atoms with van der Waals surface area (Å²) in [4.78, 5) is 2.50. The average Bonchev–Trinajstić information content (AvgIpc) is 3.22. The minimum atomic E-state index is 0.994. The van der Waals surface area contributed by atoms with Crippen molar-refractivity contribution in [1.82, 2.24) is 0 Å². The highest BCUT2D eigenvalue weighted by molar-refractivity contribution is 6.03. The quantitative estimate of drug-likeness (QED) is 0.397. The van der Waals surface area contributed by atoms with Crippen molar-refractivity contribution >= 4 is 27.9 Å². The Morgan fingerprint density at radius 3 is 2.41 bits per heavy atom. The van der Waals surface area contributed by atoms with Gasteiger partial charge >= 0.3 is 0 Å². The van der Waals surface area contributed by atoms with Gasteiger partial charge in [-0.25, -0.2) is 0 Å². The molecule has 27 heavy (non-hydrogen) atoms. The molecule has 0 saturated carbocycles. The van der Waals surface area contributed by atoms with Crippen molar-refractivity contribution in [3.05, 3.63) is 66.5 Å². The zero-order chi connectivity index (χ0) is 18.8. The van der Waals surface area contributed by atoms with E-state index in [0.29, 0.717) is 0 Å². The first-order valence-electron chi connectivity index (χ1n) is 9.66. The van der Waals surface area contributed by atoms with Crippen LogP contribution in [0.3, 0.4) is 0 Å². The molecule has 0 amide bonds. The number of rotatable bonds is 4. The Labute approximate surface area is 161 Å². The van der Waals surface area contributed by atoms with E-state index in [0.717, 1.165) is 30.2 Å². The summed E-state index contributed by atoms with van der Waals surface area (Å²) in [5.74, 6) is 0. The van der Waals surface area contributed by atoms with E-state index >= 15 is 0 Å². The van der Waals surface area contributed by atoms with Crippen molar-refractivity contribution in [2.24, 2.45) is 12.1 Å². The van der Waals surface area contributed by atoms with Crippen molar-refractivity contribution in [3.63, 3.8) is 0 Å². The Morgan fingerprint density at radius 2 is 1.67 bits per heavy atom. The molecule has 0 atom stereocenters. The second kappa shape index (κ2) is 7.39. The maximum absolute atomic E-state index is 4.87. The first-order valence-corrected chi connectivity index (χ1v) is 9.66. The summed E-state index contributed by atoms with van der Waals surface area (Å²) in [6.07, 6.45) is 4.62. The van der Waals surface area contributed by atoms with Gasteiger partial charge in [0.2, 0.25) is 5.69 Å². The van der Waals surface area contributed by atoms with E-state index < -0.39 is 0 Å². The number of benzene rings is 2. The van der Waals surface area contributed by atoms with Crippen LogP contribution in [0.15, 0.2) is 65.9 Å². The number of nitrogens with zero attached hydrogens (tertiary/aromatic N) is 4. The molecule has 1 aliphatic rings. The van der Waals surface area contributed by atoms with Gasteiger partial charge in [0.15, 0.2) is 6.20 Å². The van der Waals surface area contributed by atoms with Gasteiger partial charge in [0.25, 0.3) is 0 Å². The van der Waals surface area contributed by atoms with E-state index in [9.17, 15) is 0 Å². The molecule has 1 aliphatic heterocycles. The summed E-state index contributed by atoms with van der Waals surface area (Å²) < 4.78 is 2.10. The zero-order valence-electron chi connectivity index (χ0n) is 16.4. The highest BCUT2D eigenvalue weighted by atomic mass is 15.4. The number of hydrogen-bond donors (Lipinski definition) is 0. The van der Waals surface area contributed by atoms with Gasteiger partial charge in [0, 0.05) is 48.7 Å².